The predicted octanol–water partition coefficient (Wildman–Crippen LogP) is 0.371. The van der Waals surface area contributed by atoms with Crippen LogP contribution < -0.4 is 10.6 Å². The van der Waals surface area contributed by atoms with Crippen LogP contribution in [0.25, 0.3) is 0 Å². The van der Waals surface area contributed by atoms with Crippen molar-refractivity contribution in [2.75, 3.05) is 26.4 Å². The fraction of sp³-hybridized carbons (Fsp3) is 0.545. The van der Waals surface area contributed by atoms with E-state index in [1.54, 1.807) is 46.6 Å². The minimum Gasteiger partial charge on any atom is -0.465 e. The van der Waals surface area contributed by atoms with E-state index in [9.17, 15) is 19.2 Å². The molecular weight excluding hydrogens is 460 g/mol. The number of amides is 2. The number of imidazole rings is 2. The van der Waals surface area contributed by atoms with Gasteiger partial charge in [0.05, 0.1) is 39.2 Å². The molecule has 2 aromatic heterocycles. The monoisotopic (exact) mass is 492 g/mol. The molecule has 0 aliphatic rings. The van der Waals surface area contributed by atoms with Crippen molar-refractivity contribution in [3.05, 3.63) is 37.4 Å². The quantitative estimate of drug-likeness (QED) is 0.170. The summed E-state index contributed by atoms with van der Waals surface area (Å²) in [6, 6.07) is 0. The highest BCUT2D eigenvalue weighted by molar-refractivity contribution is 5.94. The molecule has 2 N–H and O–H groups in total. The second-order valence-corrected chi connectivity index (χ2v) is 7.49. The van der Waals surface area contributed by atoms with E-state index in [0.29, 0.717) is 38.9 Å². The van der Waals surface area contributed by atoms with Crippen LogP contribution in [-0.2, 0) is 46.7 Å². The number of hydrogen-bond acceptors (Lipinski definition) is 9. The number of aromatic nitrogens is 4. The third kappa shape index (κ3) is 13.5. The Kier molecular flexibility index (Phi) is 13.2. The summed E-state index contributed by atoms with van der Waals surface area (Å²) < 4.78 is 18.9. The molecule has 192 valence electrons. The Morgan fingerprint density at radius 3 is 1.49 bits per heavy atom. The lowest BCUT2D eigenvalue weighted by Crippen LogP contribution is -2.28. The van der Waals surface area contributed by atoms with Crippen LogP contribution >= 0.6 is 0 Å². The van der Waals surface area contributed by atoms with Gasteiger partial charge in [-0.3, -0.25) is 19.2 Å². The standard InChI is InChI=1S/C22H32N6O7/c29-19(25-17-27-7-5-23-15-27)13-21(31)34-11-3-1-9-33-10-2-4-12-35-22(32)14-20(30)26-18-28-8-6-24-16-28/h5-8,15-16H,1-4,9-14,17-18H2,(H,25,29)(H,26,30). The average molecular weight is 493 g/mol. The minimum atomic E-state index is -0.570. The molecule has 0 saturated heterocycles. The van der Waals surface area contributed by atoms with Gasteiger partial charge in [0.1, 0.15) is 12.8 Å². The second-order valence-electron chi connectivity index (χ2n) is 7.49. The van der Waals surface area contributed by atoms with Crippen molar-refractivity contribution in [3.8, 4) is 0 Å². The number of carbonyl (C=O) groups excluding carboxylic acids is 4. The Morgan fingerprint density at radius 2 is 1.09 bits per heavy atom. The molecule has 2 aromatic rings. The van der Waals surface area contributed by atoms with Gasteiger partial charge in [-0.1, -0.05) is 0 Å². The van der Waals surface area contributed by atoms with E-state index in [0.717, 1.165) is 0 Å². The van der Waals surface area contributed by atoms with Gasteiger partial charge >= 0.3 is 11.9 Å². The number of unbranched alkanes of at least 4 members (excludes halogenated alkanes) is 2. The fourth-order valence-electron chi connectivity index (χ4n) is 2.70. The molecule has 0 bridgehead atoms. The van der Waals surface area contributed by atoms with E-state index < -0.39 is 23.8 Å². The topological polar surface area (TPSA) is 156 Å². The van der Waals surface area contributed by atoms with Crippen molar-refractivity contribution < 1.29 is 33.4 Å². The molecule has 0 radical (unpaired) electrons. The summed E-state index contributed by atoms with van der Waals surface area (Å²) in [6.07, 6.45) is 11.7. The SMILES string of the molecule is O=C(CC(=O)OCCCCOCCCCOC(=O)CC(=O)NCn1ccnc1)NCn1ccnc1. The lowest BCUT2D eigenvalue weighted by atomic mass is 10.3. The molecule has 0 unspecified atom stereocenters. The van der Waals surface area contributed by atoms with Gasteiger partial charge < -0.3 is 34.0 Å². The Morgan fingerprint density at radius 1 is 0.657 bits per heavy atom. The maximum atomic E-state index is 11.7. The van der Waals surface area contributed by atoms with Crippen molar-refractivity contribution >= 4 is 23.8 Å². The van der Waals surface area contributed by atoms with Crippen LogP contribution in [0.15, 0.2) is 37.4 Å². The zero-order valence-electron chi connectivity index (χ0n) is 19.6. The number of hydrogen-bond donors (Lipinski definition) is 2. The van der Waals surface area contributed by atoms with Crippen LogP contribution in [0.3, 0.4) is 0 Å². The van der Waals surface area contributed by atoms with Crippen LogP contribution in [0.2, 0.25) is 0 Å². The molecular formula is C22H32N6O7. The van der Waals surface area contributed by atoms with Crippen molar-refractivity contribution in [2.24, 2.45) is 0 Å². The third-order valence-electron chi connectivity index (χ3n) is 4.54. The number of ether oxygens (including phenoxy) is 3. The zero-order chi connectivity index (χ0) is 25.1. The van der Waals surface area contributed by atoms with Crippen molar-refractivity contribution in [3.63, 3.8) is 0 Å². The normalized spacial score (nSPS) is 10.5. The minimum absolute atomic E-state index is 0.225. The molecule has 2 heterocycles. The van der Waals surface area contributed by atoms with Crippen molar-refractivity contribution in [1.29, 1.82) is 0 Å². The number of rotatable bonds is 18. The molecule has 2 rings (SSSR count). The molecule has 13 nitrogen and oxygen atoms in total. The molecule has 0 aliphatic carbocycles. The average Bonchev–Trinajstić information content (AvgIpc) is 3.54. The van der Waals surface area contributed by atoms with Gasteiger partial charge in [0, 0.05) is 38.0 Å². The Balaban J connectivity index is 1.33. The van der Waals surface area contributed by atoms with E-state index in [4.69, 9.17) is 14.2 Å². The molecule has 0 spiro atoms. The van der Waals surface area contributed by atoms with Crippen molar-refractivity contribution in [2.45, 2.75) is 51.9 Å². The van der Waals surface area contributed by atoms with Gasteiger partial charge in [-0.15, -0.1) is 0 Å². The summed E-state index contributed by atoms with van der Waals surface area (Å²) in [4.78, 5) is 54.3. The van der Waals surface area contributed by atoms with E-state index in [1.807, 2.05) is 0 Å². The summed E-state index contributed by atoms with van der Waals surface area (Å²) in [5.41, 5.74) is 0. The van der Waals surface area contributed by atoms with Gasteiger partial charge in [-0.2, -0.15) is 0 Å². The molecule has 0 saturated carbocycles. The van der Waals surface area contributed by atoms with Crippen LogP contribution in [0.5, 0.6) is 0 Å². The highest BCUT2D eigenvalue weighted by atomic mass is 16.5. The summed E-state index contributed by atoms with van der Waals surface area (Å²) in [6.45, 7) is 1.97. The Hall–Kier alpha value is -3.74. The highest BCUT2D eigenvalue weighted by Crippen LogP contribution is 1.98. The molecule has 35 heavy (non-hydrogen) atoms. The van der Waals surface area contributed by atoms with Gasteiger partial charge in [-0.05, 0) is 25.7 Å². The zero-order valence-corrected chi connectivity index (χ0v) is 19.6. The molecule has 2 amide bonds. The second kappa shape index (κ2) is 16.8. The van der Waals surface area contributed by atoms with Gasteiger partial charge in [-0.25, -0.2) is 9.97 Å². The van der Waals surface area contributed by atoms with E-state index >= 15 is 0 Å². The predicted molar refractivity (Wildman–Crippen MR) is 121 cm³/mol. The van der Waals surface area contributed by atoms with E-state index in [2.05, 4.69) is 20.6 Å². The van der Waals surface area contributed by atoms with Crippen molar-refractivity contribution in [1.82, 2.24) is 29.7 Å². The first-order valence-electron chi connectivity index (χ1n) is 11.4. The number of nitrogens with zero attached hydrogens (tertiary/aromatic N) is 4. The van der Waals surface area contributed by atoms with Gasteiger partial charge in [0.25, 0.3) is 0 Å². The summed E-state index contributed by atoms with van der Waals surface area (Å²) >= 11 is 0. The van der Waals surface area contributed by atoms with E-state index in [1.165, 1.54) is 0 Å². The molecule has 0 aliphatic heterocycles. The van der Waals surface area contributed by atoms with E-state index in [-0.39, 0.29) is 39.4 Å². The molecule has 0 fully saturated rings. The first-order valence-corrected chi connectivity index (χ1v) is 11.4. The van der Waals surface area contributed by atoms with Gasteiger partial charge in [0.2, 0.25) is 11.8 Å². The maximum absolute atomic E-state index is 11.7. The Bertz CT molecular complexity index is 814. The van der Waals surface area contributed by atoms with Gasteiger partial charge in [0.15, 0.2) is 0 Å². The van der Waals surface area contributed by atoms with Crippen LogP contribution in [0, 0.1) is 0 Å². The molecule has 13 heteroatoms. The van der Waals surface area contributed by atoms with Crippen LogP contribution in [0.1, 0.15) is 38.5 Å². The van der Waals surface area contributed by atoms with Crippen LogP contribution in [-0.4, -0.2) is 69.3 Å². The first kappa shape index (κ1) is 27.5. The molecule has 0 atom stereocenters. The fourth-order valence-corrected chi connectivity index (χ4v) is 2.70. The number of esters is 2. The highest BCUT2D eigenvalue weighted by Gasteiger charge is 2.11. The lowest BCUT2D eigenvalue weighted by molar-refractivity contribution is -0.148. The first-order chi connectivity index (χ1) is 17.0. The Labute approximate surface area is 203 Å². The smallest absolute Gasteiger partial charge is 0.315 e. The summed E-state index contributed by atoms with van der Waals surface area (Å²) in [5, 5.41) is 5.19. The van der Waals surface area contributed by atoms with Crippen LogP contribution in [0.4, 0.5) is 0 Å². The third-order valence-corrected chi connectivity index (χ3v) is 4.54. The maximum Gasteiger partial charge on any atom is 0.315 e. The molecule has 0 aromatic carbocycles. The number of nitrogens with one attached hydrogen (secondary N) is 2. The lowest BCUT2D eigenvalue weighted by Gasteiger charge is -2.08. The number of carbonyl (C=O) groups is 4. The summed E-state index contributed by atoms with van der Waals surface area (Å²) in [5.74, 6) is -1.96. The summed E-state index contributed by atoms with van der Waals surface area (Å²) in [7, 11) is 0. The largest absolute Gasteiger partial charge is 0.465 e.